The first kappa shape index (κ1) is 15.0. The molecule has 8 heteroatoms. The molecule has 2 N–H and O–H groups in total. The molecule has 0 aliphatic carbocycles. The second-order valence-electron chi connectivity index (χ2n) is 4.14. The number of sulfonamides is 1. The summed E-state index contributed by atoms with van der Waals surface area (Å²) in [5.41, 5.74) is 5.51. The Bertz CT molecular complexity index is 545. The van der Waals surface area contributed by atoms with E-state index in [1.807, 2.05) is 0 Å². The van der Waals surface area contributed by atoms with Crippen molar-refractivity contribution in [1.82, 2.24) is 4.31 Å². The van der Waals surface area contributed by atoms with Crippen LogP contribution in [-0.2, 0) is 14.8 Å². The molecule has 1 heterocycles. The predicted octanol–water partition coefficient (Wildman–Crippen LogP) is 1.34. The zero-order chi connectivity index (χ0) is 14.0. The average Bonchev–Trinajstić information content (AvgIpc) is 2.38. The van der Waals surface area contributed by atoms with E-state index in [1.54, 1.807) is 6.07 Å². The molecule has 5 nitrogen and oxygen atoms in total. The van der Waals surface area contributed by atoms with Crippen LogP contribution >= 0.6 is 23.2 Å². The number of hydrogen-bond acceptors (Lipinski definition) is 4. The van der Waals surface area contributed by atoms with Gasteiger partial charge in [-0.1, -0.05) is 29.3 Å². The van der Waals surface area contributed by atoms with Gasteiger partial charge in [0.15, 0.2) is 0 Å². The van der Waals surface area contributed by atoms with Crippen molar-refractivity contribution in [1.29, 1.82) is 0 Å². The maximum Gasteiger partial charge on any atom is 0.246 e. The van der Waals surface area contributed by atoms with Crippen LogP contribution < -0.4 is 5.73 Å². The molecule has 0 amide bonds. The Morgan fingerprint density at radius 2 is 2.00 bits per heavy atom. The van der Waals surface area contributed by atoms with Crippen molar-refractivity contribution in [2.24, 2.45) is 5.73 Å². The highest BCUT2D eigenvalue weighted by atomic mass is 35.5. The fourth-order valence-corrected chi connectivity index (χ4v) is 4.46. The molecule has 1 aliphatic heterocycles. The molecule has 0 saturated carbocycles. The quantitative estimate of drug-likeness (QED) is 0.910. The van der Waals surface area contributed by atoms with Crippen molar-refractivity contribution in [3.05, 3.63) is 28.2 Å². The van der Waals surface area contributed by atoms with Gasteiger partial charge in [0.25, 0.3) is 0 Å². The molecule has 1 aliphatic rings. The molecular weight excluding hydrogens is 311 g/mol. The number of morpholine rings is 1. The number of hydrogen-bond donors (Lipinski definition) is 1. The molecule has 0 aromatic heterocycles. The topological polar surface area (TPSA) is 72.6 Å². The smallest absolute Gasteiger partial charge is 0.246 e. The summed E-state index contributed by atoms with van der Waals surface area (Å²) < 4.78 is 31.8. The highest BCUT2D eigenvalue weighted by Crippen LogP contribution is 2.32. The maximum atomic E-state index is 12.6. The maximum absolute atomic E-state index is 12.6. The van der Waals surface area contributed by atoms with Gasteiger partial charge >= 0.3 is 0 Å². The largest absolute Gasteiger partial charge is 0.374 e. The van der Waals surface area contributed by atoms with E-state index in [9.17, 15) is 8.42 Å². The van der Waals surface area contributed by atoms with Gasteiger partial charge in [-0.25, -0.2) is 8.42 Å². The van der Waals surface area contributed by atoms with Crippen molar-refractivity contribution >= 4 is 33.2 Å². The number of ether oxygens (including phenoxy) is 1. The van der Waals surface area contributed by atoms with Crippen LogP contribution in [0.1, 0.15) is 0 Å². The monoisotopic (exact) mass is 324 g/mol. The third-order valence-electron chi connectivity index (χ3n) is 2.88. The van der Waals surface area contributed by atoms with E-state index in [0.29, 0.717) is 6.61 Å². The summed E-state index contributed by atoms with van der Waals surface area (Å²) in [5.74, 6) is 0. The standard InChI is InChI=1S/C11H14Cl2N2O3S/c12-9-2-1-3-10(13)11(9)19(16,17)15-4-5-18-8(6-14)7-15/h1-3,8H,4-7,14H2. The lowest BCUT2D eigenvalue weighted by Gasteiger charge is -2.31. The van der Waals surface area contributed by atoms with Crippen LogP contribution in [0.2, 0.25) is 10.0 Å². The van der Waals surface area contributed by atoms with Crippen molar-refractivity contribution in [2.75, 3.05) is 26.2 Å². The molecule has 1 atom stereocenters. The normalized spacial score (nSPS) is 21.5. The summed E-state index contributed by atoms with van der Waals surface area (Å²) in [6, 6.07) is 4.61. The Morgan fingerprint density at radius 3 is 2.58 bits per heavy atom. The zero-order valence-corrected chi connectivity index (χ0v) is 12.4. The summed E-state index contributed by atoms with van der Waals surface area (Å²) in [7, 11) is -3.73. The van der Waals surface area contributed by atoms with Gasteiger partial charge in [-0.2, -0.15) is 4.31 Å². The Labute approximate surface area is 122 Å². The lowest BCUT2D eigenvalue weighted by Crippen LogP contribution is -2.48. The van der Waals surface area contributed by atoms with Crippen LogP contribution in [0.3, 0.4) is 0 Å². The summed E-state index contributed by atoms with van der Waals surface area (Å²) >= 11 is 11.9. The molecule has 0 bridgehead atoms. The molecule has 1 unspecified atom stereocenters. The van der Waals surface area contributed by atoms with Gasteiger partial charge in [0.05, 0.1) is 22.8 Å². The molecule has 1 fully saturated rings. The van der Waals surface area contributed by atoms with Gasteiger partial charge in [-0.3, -0.25) is 0 Å². The third-order valence-corrected chi connectivity index (χ3v) is 5.70. The van der Waals surface area contributed by atoms with Crippen molar-refractivity contribution in [3.63, 3.8) is 0 Å². The third kappa shape index (κ3) is 3.04. The molecule has 19 heavy (non-hydrogen) atoms. The molecule has 0 radical (unpaired) electrons. The van der Waals surface area contributed by atoms with E-state index < -0.39 is 10.0 Å². The highest BCUT2D eigenvalue weighted by molar-refractivity contribution is 7.89. The first-order chi connectivity index (χ1) is 8.96. The summed E-state index contributed by atoms with van der Waals surface area (Å²) in [6.45, 7) is 1.05. The Morgan fingerprint density at radius 1 is 1.37 bits per heavy atom. The number of nitrogens with zero attached hydrogens (tertiary/aromatic N) is 1. The van der Waals surface area contributed by atoms with E-state index in [0.717, 1.165) is 0 Å². The number of benzene rings is 1. The van der Waals surface area contributed by atoms with E-state index in [4.69, 9.17) is 33.7 Å². The number of halogens is 2. The van der Waals surface area contributed by atoms with Crippen LogP contribution in [0, 0.1) is 0 Å². The average molecular weight is 325 g/mol. The molecule has 106 valence electrons. The van der Waals surface area contributed by atoms with E-state index >= 15 is 0 Å². The minimum Gasteiger partial charge on any atom is -0.374 e. The number of nitrogens with two attached hydrogens (primary N) is 1. The van der Waals surface area contributed by atoms with Gasteiger partial charge in [0.1, 0.15) is 4.90 Å². The molecule has 1 saturated heterocycles. The van der Waals surface area contributed by atoms with Gasteiger partial charge in [0, 0.05) is 19.6 Å². The van der Waals surface area contributed by atoms with Crippen LogP contribution in [0.25, 0.3) is 0 Å². The second-order valence-corrected chi connectivity index (χ2v) is 6.83. The van der Waals surface area contributed by atoms with E-state index in [2.05, 4.69) is 0 Å². The van der Waals surface area contributed by atoms with Gasteiger partial charge in [0.2, 0.25) is 10.0 Å². The summed E-state index contributed by atoms with van der Waals surface area (Å²) in [6.07, 6.45) is -0.301. The zero-order valence-electron chi connectivity index (χ0n) is 10.1. The molecule has 2 rings (SSSR count). The molecule has 1 aromatic carbocycles. The van der Waals surface area contributed by atoms with Crippen molar-refractivity contribution < 1.29 is 13.2 Å². The lowest BCUT2D eigenvalue weighted by molar-refractivity contribution is 0.00451. The van der Waals surface area contributed by atoms with Crippen LogP contribution in [0.4, 0.5) is 0 Å². The SMILES string of the molecule is NCC1CN(S(=O)(=O)c2c(Cl)cccc2Cl)CCO1. The Kier molecular flexibility index (Phi) is 4.70. The minimum atomic E-state index is -3.73. The highest BCUT2D eigenvalue weighted by Gasteiger charge is 2.33. The Balaban J connectivity index is 2.37. The van der Waals surface area contributed by atoms with Crippen LogP contribution in [0.15, 0.2) is 23.1 Å². The lowest BCUT2D eigenvalue weighted by atomic mass is 10.3. The van der Waals surface area contributed by atoms with E-state index in [-0.39, 0.29) is 40.7 Å². The summed E-state index contributed by atoms with van der Waals surface area (Å²) in [5, 5.41) is 0.228. The second kappa shape index (κ2) is 5.95. The van der Waals surface area contributed by atoms with Gasteiger partial charge in [-0.15, -0.1) is 0 Å². The molecule has 1 aromatic rings. The first-order valence-corrected chi connectivity index (χ1v) is 7.92. The fraction of sp³-hybridized carbons (Fsp3) is 0.455. The summed E-state index contributed by atoms with van der Waals surface area (Å²) in [4.78, 5) is -0.0593. The Hall–Kier alpha value is -0.370. The van der Waals surface area contributed by atoms with E-state index in [1.165, 1.54) is 16.4 Å². The molecule has 0 spiro atoms. The van der Waals surface area contributed by atoms with Crippen molar-refractivity contribution in [2.45, 2.75) is 11.0 Å². The number of rotatable bonds is 3. The molecular formula is C11H14Cl2N2O3S. The first-order valence-electron chi connectivity index (χ1n) is 5.72. The minimum absolute atomic E-state index is 0.0593. The van der Waals surface area contributed by atoms with Crippen molar-refractivity contribution in [3.8, 4) is 0 Å². The van der Waals surface area contributed by atoms with Crippen LogP contribution in [0.5, 0.6) is 0 Å². The van der Waals surface area contributed by atoms with Gasteiger partial charge < -0.3 is 10.5 Å². The predicted molar refractivity (Wildman–Crippen MR) is 74.0 cm³/mol. The fourth-order valence-electron chi connectivity index (χ4n) is 1.91. The van der Waals surface area contributed by atoms with Gasteiger partial charge in [-0.05, 0) is 12.1 Å². The van der Waals surface area contributed by atoms with Crippen LogP contribution in [-0.4, -0.2) is 45.1 Å².